The second-order valence-electron chi connectivity index (χ2n) is 5.18. The highest BCUT2D eigenvalue weighted by atomic mass is 32.1. The van der Waals surface area contributed by atoms with Crippen LogP contribution in [0, 0.1) is 5.92 Å². The van der Waals surface area contributed by atoms with Gasteiger partial charge in [-0.15, -0.1) is 11.3 Å². The van der Waals surface area contributed by atoms with Crippen molar-refractivity contribution in [2.45, 2.75) is 33.1 Å². The molecule has 1 fully saturated rings. The van der Waals surface area contributed by atoms with E-state index in [9.17, 15) is 0 Å². The zero-order chi connectivity index (χ0) is 12.5. The van der Waals surface area contributed by atoms with Crippen molar-refractivity contribution in [1.82, 2.24) is 9.97 Å². The Bertz CT molecular complexity index is 549. The Morgan fingerprint density at radius 2 is 2.33 bits per heavy atom. The maximum Gasteiger partial charge on any atom is 0.140 e. The maximum absolute atomic E-state index is 4.53. The second-order valence-corrected chi connectivity index (χ2v) is 6.29. The van der Waals surface area contributed by atoms with Gasteiger partial charge >= 0.3 is 0 Å². The minimum Gasteiger partial charge on any atom is -0.356 e. The molecule has 1 aliphatic rings. The fourth-order valence-corrected chi connectivity index (χ4v) is 3.63. The van der Waals surface area contributed by atoms with E-state index in [1.54, 1.807) is 17.7 Å². The average Bonchev–Trinajstić information content (AvgIpc) is 2.81. The highest BCUT2D eigenvalue weighted by molar-refractivity contribution is 7.18. The van der Waals surface area contributed by atoms with Crippen molar-refractivity contribution in [3.8, 4) is 0 Å². The first-order chi connectivity index (χ1) is 8.78. The van der Waals surface area contributed by atoms with Gasteiger partial charge in [-0.1, -0.05) is 13.8 Å². The first kappa shape index (κ1) is 11.9. The molecule has 0 spiro atoms. The number of hydrogen-bond acceptors (Lipinski definition) is 4. The van der Waals surface area contributed by atoms with Crippen molar-refractivity contribution in [3.05, 3.63) is 17.3 Å². The van der Waals surface area contributed by atoms with E-state index >= 15 is 0 Å². The summed E-state index contributed by atoms with van der Waals surface area (Å²) in [5.74, 6) is 1.91. The quantitative estimate of drug-likeness (QED) is 0.828. The third-order valence-corrected chi connectivity index (χ3v) is 4.85. The van der Waals surface area contributed by atoms with Gasteiger partial charge in [-0.2, -0.15) is 0 Å². The number of nitrogens with zero attached hydrogens (tertiary/aromatic N) is 3. The molecule has 3 nitrogen and oxygen atoms in total. The standard InChI is InChI=1S/C14H19N3S/c1-3-11-7-12-13(15-9-16-14(12)18-11)17-6-4-5-10(2)8-17/h7,9-10H,3-6,8H2,1-2H3/t10-/m1/s1. The molecule has 0 unspecified atom stereocenters. The molecule has 1 aliphatic heterocycles. The highest BCUT2D eigenvalue weighted by Crippen LogP contribution is 2.32. The van der Waals surface area contributed by atoms with Crippen LogP contribution in [0.15, 0.2) is 12.4 Å². The molecule has 0 N–H and O–H groups in total. The van der Waals surface area contributed by atoms with Crippen LogP contribution in [0.3, 0.4) is 0 Å². The molecular formula is C14H19N3S. The molecule has 0 saturated carbocycles. The molecule has 2 aromatic heterocycles. The molecule has 0 aliphatic carbocycles. The lowest BCUT2D eigenvalue weighted by Crippen LogP contribution is -2.34. The molecule has 0 bridgehead atoms. The maximum atomic E-state index is 4.53. The van der Waals surface area contributed by atoms with Crippen molar-refractivity contribution in [3.63, 3.8) is 0 Å². The predicted octanol–water partition coefficient (Wildman–Crippen LogP) is 3.49. The Kier molecular flexibility index (Phi) is 3.20. The van der Waals surface area contributed by atoms with Crippen LogP contribution in [-0.2, 0) is 6.42 Å². The number of fused-ring (bicyclic) bond motifs is 1. The number of aromatic nitrogens is 2. The number of aryl methyl sites for hydroxylation is 1. The van der Waals surface area contributed by atoms with Crippen LogP contribution >= 0.6 is 11.3 Å². The average molecular weight is 261 g/mol. The third kappa shape index (κ3) is 2.09. The second kappa shape index (κ2) is 4.84. The number of piperidine rings is 1. The van der Waals surface area contributed by atoms with Gasteiger partial charge in [0.15, 0.2) is 0 Å². The van der Waals surface area contributed by atoms with Crippen molar-refractivity contribution in [1.29, 1.82) is 0 Å². The number of rotatable bonds is 2. The number of hydrogen-bond donors (Lipinski definition) is 0. The zero-order valence-corrected chi connectivity index (χ0v) is 11.8. The van der Waals surface area contributed by atoms with Crippen LogP contribution in [-0.4, -0.2) is 23.1 Å². The van der Waals surface area contributed by atoms with Crippen molar-refractivity contribution in [2.75, 3.05) is 18.0 Å². The summed E-state index contributed by atoms with van der Waals surface area (Å²) in [5, 5.41) is 1.24. The Labute approximate surface area is 112 Å². The van der Waals surface area contributed by atoms with Gasteiger partial charge in [0.2, 0.25) is 0 Å². The summed E-state index contributed by atoms with van der Waals surface area (Å²) >= 11 is 1.80. The summed E-state index contributed by atoms with van der Waals surface area (Å²) < 4.78 is 0. The van der Waals surface area contributed by atoms with E-state index in [1.807, 2.05) is 0 Å². The van der Waals surface area contributed by atoms with Crippen LogP contribution in [0.1, 0.15) is 31.6 Å². The fourth-order valence-electron chi connectivity index (χ4n) is 2.70. The summed E-state index contributed by atoms with van der Waals surface area (Å²) in [6, 6.07) is 2.27. The topological polar surface area (TPSA) is 29.0 Å². The number of anilines is 1. The largest absolute Gasteiger partial charge is 0.356 e. The Morgan fingerprint density at radius 1 is 1.44 bits per heavy atom. The Hall–Kier alpha value is -1.16. The van der Waals surface area contributed by atoms with Gasteiger partial charge in [-0.3, -0.25) is 0 Å². The highest BCUT2D eigenvalue weighted by Gasteiger charge is 2.20. The van der Waals surface area contributed by atoms with Crippen LogP contribution in [0.5, 0.6) is 0 Å². The van der Waals surface area contributed by atoms with Crippen molar-refractivity contribution in [2.24, 2.45) is 5.92 Å². The van der Waals surface area contributed by atoms with Gasteiger partial charge in [0.1, 0.15) is 17.0 Å². The van der Waals surface area contributed by atoms with Crippen molar-refractivity contribution < 1.29 is 0 Å². The van der Waals surface area contributed by atoms with Crippen LogP contribution in [0.2, 0.25) is 0 Å². The first-order valence-electron chi connectivity index (χ1n) is 6.76. The monoisotopic (exact) mass is 261 g/mol. The van der Waals surface area contributed by atoms with E-state index in [4.69, 9.17) is 0 Å². The first-order valence-corrected chi connectivity index (χ1v) is 7.58. The Balaban J connectivity index is 2.02. The zero-order valence-electron chi connectivity index (χ0n) is 11.0. The smallest absolute Gasteiger partial charge is 0.140 e. The lowest BCUT2D eigenvalue weighted by atomic mass is 10.0. The molecule has 0 radical (unpaired) electrons. The molecule has 1 saturated heterocycles. The van der Waals surface area contributed by atoms with Crippen LogP contribution in [0.4, 0.5) is 5.82 Å². The molecule has 2 aromatic rings. The van der Waals surface area contributed by atoms with Crippen LogP contribution < -0.4 is 4.90 Å². The van der Waals surface area contributed by atoms with Gasteiger partial charge in [-0.05, 0) is 31.2 Å². The van der Waals surface area contributed by atoms with Crippen molar-refractivity contribution >= 4 is 27.4 Å². The molecule has 96 valence electrons. The van der Waals surface area contributed by atoms with E-state index < -0.39 is 0 Å². The summed E-state index contributed by atoms with van der Waals surface area (Å²) in [4.78, 5) is 13.9. The molecule has 3 heterocycles. The van der Waals surface area contributed by atoms with E-state index in [2.05, 4.69) is 34.8 Å². The molecule has 0 aromatic carbocycles. The summed E-state index contributed by atoms with van der Waals surface area (Å²) in [6.07, 6.45) is 5.41. The summed E-state index contributed by atoms with van der Waals surface area (Å²) in [7, 11) is 0. The minimum absolute atomic E-state index is 0.771. The lowest BCUT2D eigenvalue weighted by molar-refractivity contribution is 0.445. The Morgan fingerprint density at radius 3 is 3.11 bits per heavy atom. The van der Waals surface area contributed by atoms with E-state index in [1.165, 1.54) is 23.1 Å². The molecular weight excluding hydrogens is 242 g/mol. The van der Waals surface area contributed by atoms with E-state index in [0.29, 0.717) is 0 Å². The van der Waals surface area contributed by atoms with E-state index in [-0.39, 0.29) is 0 Å². The number of thiophene rings is 1. The van der Waals surface area contributed by atoms with Crippen LogP contribution in [0.25, 0.3) is 10.2 Å². The molecule has 3 rings (SSSR count). The van der Waals surface area contributed by atoms with Gasteiger partial charge in [0.05, 0.1) is 5.39 Å². The van der Waals surface area contributed by atoms with Gasteiger partial charge in [0.25, 0.3) is 0 Å². The summed E-state index contributed by atoms with van der Waals surface area (Å²) in [5.41, 5.74) is 0. The minimum atomic E-state index is 0.771. The van der Waals surface area contributed by atoms with E-state index in [0.717, 1.165) is 36.1 Å². The lowest BCUT2D eigenvalue weighted by Gasteiger charge is -2.32. The molecule has 18 heavy (non-hydrogen) atoms. The predicted molar refractivity (Wildman–Crippen MR) is 77.4 cm³/mol. The third-order valence-electron chi connectivity index (χ3n) is 3.66. The summed E-state index contributed by atoms with van der Waals surface area (Å²) in [6.45, 7) is 6.79. The normalized spacial score (nSPS) is 20.6. The van der Waals surface area contributed by atoms with Gasteiger partial charge in [-0.25, -0.2) is 9.97 Å². The SMILES string of the molecule is CCc1cc2c(N3CCC[C@@H](C)C3)ncnc2s1. The molecule has 4 heteroatoms. The van der Waals surface area contributed by atoms with Gasteiger partial charge < -0.3 is 4.90 Å². The molecule has 1 atom stereocenters. The van der Waals surface area contributed by atoms with Gasteiger partial charge in [0, 0.05) is 18.0 Å². The molecule has 0 amide bonds. The fraction of sp³-hybridized carbons (Fsp3) is 0.571.